The zero-order valence-corrected chi connectivity index (χ0v) is 16.2. The first-order chi connectivity index (χ1) is 14.3. The second-order valence-electron chi connectivity index (χ2n) is 6.00. The number of ether oxygens (including phenoxy) is 4. The summed E-state index contributed by atoms with van der Waals surface area (Å²) in [6, 6.07) is 0. The molecule has 32 heavy (non-hydrogen) atoms. The van der Waals surface area contributed by atoms with Gasteiger partial charge < -0.3 is 18.9 Å². The minimum Gasteiger partial charge on any atom is -0.468 e. The first-order valence-electron chi connectivity index (χ1n) is 8.63. The number of hydrogen-bond acceptors (Lipinski definition) is 4. The van der Waals surface area contributed by atoms with E-state index in [-0.39, 0.29) is 0 Å². The lowest BCUT2D eigenvalue weighted by atomic mass is 10.1. The highest BCUT2D eigenvalue weighted by atomic mass is 19.4. The van der Waals surface area contributed by atoms with Gasteiger partial charge in [0.15, 0.2) is 11.1 Å². The van der Waals surface area contributed by atoms with Crippen LogP contribution in [-0.4, -0.2) is 50.5 Å². The summed E-state index contributed by atoms with van der Waals surface area (Å²) >= 11 is 0. The molecule has 0 spiro atoms. The molecule has 0 aromatic carbocycles. The molecule has 1 rings (SSSR count). The second-order valence-corrected chi connectivity index (χ2v) is 6.00. The largest absolute Gasteiger partial charge is 0.468 e. The molecular formula is C16H16F12O4. The second kappa shape index (κ2) is 9.97. The van der Waals surface area contributed by atoms with E-state index in [1.807, 2.05) is 0 Å². The molecule has 0 N–H and O–H groups in total. The molecule has 188 valence electrons. The number of alkyl halides is 12. The van der Waals surface area contributed by atoms with E-state index < -0.39 is 86.0 Å². The van der Waals surface area contributed by atoms with Crippen LogP contribution in [0.1, 0.15) is 26.7 Å². The van der Waals surface area contributed by atoms with Gasteiger partial charge in [0.25, 0.3) is 0 Å². The molecule has 4 nitrogen and oxygen atoms in total. The predicted octanol–water partition coefficient (Wildman–Crippen LogP) is 6.30. The Hall–Kier alpha value is -1.84. The lowest BCUT2D eigenvalue weighted by Gasteiger charge is -2.33. The van der Waals surface area contributed by atoms with Crippen LogP contribution in [0.3, 0.4) is 0 Å². The molecule has 0 bridgehead atoms. The minimum absolute atomic E-state index is 0.541. The van der Waals surface area contributed by atoms with E-state index in [0.29, 0.717) is 0 Å². The molecule has 2 atom stereocenters. The van der Waals surface area contributed by atoms with Crippen LogP contribution in [0, 0.1) is 0 Å². The van der Waals surface area contributed by atoms with Crippen LogP contribution in [0.4, 0.5) is 52.7 Å². The Morgan fingerprint density at radius 1 is 0.625 bits per heavy atom. The molecular weight excluding hydrogens is 484 g/mol. The Kier molecular flexibility index (Phi) is 8.78. The van der Waals surface area contributed by atoms with Gasteiger partial charge in [0.05, 0.1) is 12.8 Å². The molecule has 1 aliphatic rings. The molecule has 1 heterocycles. The van der Waals surface area contributed by atoms with E-state index in [4.69, 9.17) is 0 Å². The minimum atomic E-state index is -6.04. The van der Waals surface area contributed by atoms with Gasteiger partial charge in [-0.15, -0.1) is 0 Å². The normalized spacial score (nSPS) is 21.4. The fourth-order valence-electron chi connectivity index (χ4n) is 2.63. The average Bonchev–Trinajstić information content (AvgIpc) is 2.47. The van der Waals surface area contributed by atoms with Crippen molar-refractivity contribution in [2.75, 3.05) is 13.2 Å². The smallest absolute Gasteiger partial charge is 0.424 e. The molecule has 2 unspecified atom stereocenters. The molecule has 1 saturated heterocycles. The third kappa shape index (κ3) is 7.64. The van der Waals surface area contributed by atoms with Gasteiger partial charge in [0, 0.05) is 13.2 Å². The molecule has 0 radical (unpaired) electrons. The van der Waals surface area contributed by atoms with Gasteiger partial charge in [0.2, 0.25) is 12.6 Å². The van der Waals surface area contributed by atoms with Crippen molar-refractivity contribution >= 4 is 0 Å². The van der Waals surface area contributed by atoms with Gasteiger partial charge in [-0.25, -0.2) is 0 Å². The summed E-state index contributed by atoms with van der Waals surface area (Å²) in [5.41, 5.74) is -6.33. The van der Waals surface area contributed by atoms with Gasteiger partial charge in [-0.05, 0) is 13.8 Å². The summed E-state index contributed by atoms with van der Waals surface area (Å²) in [5.74, 6) is -3.75. The van der Waals surface area contributed by atoms with Crippen molar-refractivity contribution in [2.24, 2.45) is 0 Å². The summed E-state index contributed by atoms with van der Waals surface area (Å²) in [6.45, 7) is 1.17. The summed E-state index contributed by atoms with van der Waals surface area (Å²) in [5, 5.41) is 0. The van der Waals surface area contributed by atoms with E-state index in [1.54, 1.807) is 0 Å². The van der Waals surface area contributed by atoms with E-state index in [2.05, 4.69) is 18.9 Å². The standard InChI is InChI=1S/C16H16F12O4/c1-3-29-9-5-7(11(13(17,18)19)14(20,21)22)32-10(30-4-2)6-8(31-9)12(15(23,24)25)16(26,27)28/h9-10H,3-6H2,1-2H3. The fraction of sp³-hybridized carbons (Fsp3) is 0.750. The predicted molar refractivity (Wildman–Crippen MR) is 80.5 cm³/mol. The topological polar surface area (TPSA) is 36.9 Å². The Morgan fingerprint density at radius 3 is 1.06 bits per heavy atom. The van der Waals surface area contributed by atoms with Crippen molar-refractivity contribution in [3.8, 4) is 0 Å². The van der Waals surface area contributed by atoms with Gasteiger partial charge in [0.1, 0.15) is 11.5 Å². The first-order valence-corrected chi connectivity index (χ1v) is 8.63. The first kappa shape index (κ1) is 28.2. The van der Waals surface area contributed by atoms with Crippen molar-refractivity contribution in [2.45, 2.75) is 64.0 Å². The number of allylic oxidation sites excluding steroid dienone is 2. The van der Waals surface area contributed by atoms with Crippen molar-refractivity contribution in [3.05, 3.63) is 22.7 Å². The summed E-state index contributed by atoms with van der Waals surface area (Å²) in [4.78, 5) is 0. The maximum atomic E-state index is 13.1. The molecule has 1 fully saturated rings. The highest BCUT2D eigenvalue weighted by Gasteiger charge is 2.57. The van der Waals surface area contributed by atoms with Gasteiger partial charge in [-0.1, -0.05) is 0 Å². The summed E-state index contributed by atoms with van der Waals surface area (Å²) < 4.78 is 175. The van der Waals surface area contributed by atoms with E-state index in [1.165, 1.54) is 0 Å². The van der Waals surface area contributed by atoms with Crippen molar-refractivity contribution in [1.29, 1.82) is 0 Å². The molecule has 16 heteroatoms. The maximum Gasteiger partial charge on any atom is 0.424 e. The average molecular weight is 500 g/mol. The van der Waals surface area contributed by atoms with Crippen LogP contribution >= 0.6 is 0 Å². The quantitative estimate of drug-likeness (QED) is 0.425. The zero-order valence-electron chi connectivity index (χ0n) is 16.2. The molecule has 1 aliphatic heterocycles. The zero-order chi connectivity index (χ0) is 25.1. The Labute approximate surface area is 172 Å². The van der Waals surface area contributed by atoms with Gasteiger partial charge >= 0.3 is 24.7 Å². The summed E-state index contributed by atoms with van der Waals surface area (Å²) in [6.07, 6.45) is -32.2. The highest BCUT2D eigenvalue weighted by Crippen LogP contribution is 2.46. The molecule has 0 aromatic rings. The molecule has 0 aliphatic carbocycles. The van der Waals surface area contributed by atoms with Crippen molar-refractivity contribution in [1.82, 2.24) is 0 Å². The van der Waals surface area contributed by atoms with Crippen molar-refractivity contribution < 1.29 is 71.6 Å². The van der Waals surface area contributed by atoms with Crippen LogP contribution in [-0.2, 0) is 18.9 Å². The van der Waals surface area contributed by atoms with Gasteiger partial charge in [-0.2, -0.15) is 52.7 Å². The number of hydrogen-bond donors (Lipinski definition) is 0. The fourth-order valence-corrected chi connectivity index (χ4v) is 2.63. The lowest BCUT2D eigenvalue weighted by Crippen LogP contribution is -2.36. The third-order valence-electron chi connectivity index (χ3n) is 3.65. The van der Waals surface area contributed by atoms with Crippen LogP contribution in [0.15, 0.2) is 22.7 Å². The van der Waals surface area contributed by atoms with Crippen molar-refractivity contribution in [3.63, 3.8) is 0 Å². The SMILES string of the molecule is CCOC1CC(=C(C(F)(F)F)C(F)(F)F)OC(OCC)CC(=C(C(F)(F)F)C(F)(F)F)O1. The maximum absolute atomic E-state index is 13.1. The van der Waals surface area contributed by atoms with E-state index in [0.717, 1.165) is 13.8 Å². The number of rotatable bonds is 4. The van der Waals surface area contributed by atoms with Crippen LogP contribution < -0.4 is 0 Å². The van der Waals surface area contributed by atoms with E-state index >= 15 is 0 Å². The molecule has 0 amide bonds. The third-order valence-corrected chi connectivity index (χ3v) is 3.65. The Balaban J connectivity index is 3.75. The van der Waals surface area contributed by atoms with E-state index in [9.17, 15) is 52.7 Å². The Morgan fingerprint density at radius 2 is 0.875 bits per heavy atom. The van der Waals surface area contributed by atoms with Crippen LogP contribution in [0.2, 0.25) is 0 Å². The lowest BCUT2D eigenvalue weighted by molar-refractivity contribution is -0.205. The van der Waals surface area contributed by atoms with Crippen LogP contribution in [0.25, 0.3) is 0 Å². The molecule has 0 aromatic heterocycles. The molecule has 0 saturated carbocycles. The van der Waals surface area contributed by atoms with Crippen LogP contribution in [0.5, 0.6) is 0 Å². The number of halogens is 12. The Bertz CT molecular complexity index is 592. The summed E-state index contributed by atoms with van der Waals surface area (Å²) in [7, 11) is 0. The van der Waals surface area contributed by atoms with Gasteiger partial charge in [-0.3, -0.25) is 0 Å². The monoisotopic (exact) mass is 500 g/mol. The highest BCUT2D eigenvalue weighted by molar-refractivity contribution is 5.24.